The van der Waals surface area contributed by atoms with E-state index in [1.165, 1.54) is 38.1 Å². The number of carbonyl (C=O) groups is 4. The fourth-order valence-electron chi connectivity index (χ4n) is 1.32. The Balaban J connectivity index is 2.74. The number of hydrogen-bond acceptors (Lipinski definition) is 6. The standard InChI is InChI=1S/C14H16N2O6/c1-7(11(15)17)21-13(19)9-3-5-10(6-4-9)14(20)22-8(2)12(16)18/h3-8H,1-2H3,(H2,15,17)(H2,16,18)/t7-,8-/m0/s1. The third kappa shape index (κ3) is 4.58. The number of esters is 2. The van der Waals surface area contributed by atoms with Crippen molar-refractivity contribution in [3.63, 3.8) is 0 Å². The molecular formula is C14H16N2O6. The predicted octanol–water partition coefficient (Wildman–Crippen LogP) is -0.252. The van der Waals surface area contributed by atoms with Gasteiger partial charge in [-0.15, -0.1) is 0 Å². The summed E-state index contributed by atoms with van der Waals surface area (Å²) in [5.74, 6) is -3.04. The highest BCUT2D eigenvalue weighted by Gasteiger charge is 2.18. The molecule has 1 rings (SSSR count). The first-order valence-corrected chi connectivity index (χ1v) is 6.33. The maximum atomic E-state index is 11.7. The highest BCUT2D eigenvalue weighted by atomic mass is 16.6. The molecule has 22 heavy (non-hydrogen) atoms. The molecule has 0 aliphatic carbocycles. The Morgan fingerprint density at radius 2 is 1.05 bits per heavy atom. The Bertz CT molecular complexity index is 543. The summed E-state index contributed by atoms with van der Waals surface area (Å²) in [6.07, 6.45) is -2.12. The Hall–Kier alpha value is -2.90. The van der Waals surface area contributed by atoms with Gasteiger partial charge in [-0.25, -0.2) is 9.59 Å². The third-order valence-electron chi connectivity index (χ3n) is 2.73. The lowest BCUT2D eigenvalue weighted by Gasteiger charge is -2.11. The predicted molar refractivity (Wildman–Crippen MR) is 74.6 cm³/mol. The van der Waals surface area contributed by atoms with Crippen LogP contribution in [0, 0.1) is 0 Å². The molecule has 1 aromatic carbocycles. The summed E-state index contributed by atoms with van der Waals surface area (Å²) in [4.78, 5) is 45.0. The van der Waals surface area contributed by atoms with Crippen LogP contribution in [-0.4, -0.2) is 36.0 Å². The molecule has 1 aromatic rings. The number of hydrogen-bond donors (Lipinski definition) is 2. The normalized spacial score (nSPS) is 12.8. The summed E-state index contributed by atoms with van der Waals surface area (Å²) in [6, 6.07) is 5.28. The van der Waals surface area contributed by atoms with Gasteiger partial charge in [-0.2, -0.15) is 0 Å². The zero-order valence-electron chi connectivity index (χ0n) is 12.1. The van der Waals surface area contributed by atoms with Crippen molar-refractivity contribution in [3.8, 4) is 0 Å². The molecule has 8 nitrogen and oxygen atoms in total. The number of carbonyl (C=O) groups excluding carboxylic acids is 4. The molecule has 2 amide bonds. The Kier molecular flexibility index (Phi) is 5.62. The van der Waals surface area contributed by atoms with E-state index in [-0.39, 0.29) is 11.1 Å². The summed E-state index contributed by atoms with van der Waals surface area (Å²) < 4.78 is 9.61. The van der Waals surface area contributed by atoms with Crippen molar-refractivity contribution in [1.29, 1.82) is 0 Å². The molecule has 0 aliphatic rings. The van der Waals surface area contributed by atoms with Gasteiger partial charge in [0.1, 0.15) is 0 Å². The van der Waals surface area contributed by atoms with Gasteiger partial charge in [-0.05, 0) is 38.1 Å². The molecule has 0 spiro atoms. The molecule has 0 bridgehead atoms. The molecule has 0 heterocycles. The minimum Gasteiger partial charge on any atom is -0.449 e. The van der Waals surface area contributed by atoms with E-state index in [9.17, 15) is 19.2 Å². The van der Waals surface area contributed by atoms with Crippen molar-refractivity contribution < 1.29 is 28.7 Å². The Labute approximate surface area is 126 Å². The lowest BCUT2D eigenvalue weighted by atomic mass is 10.1. The minimum atomic E-state index is -1.06. The van der Waals surface area contributed by atoms with Crippen LogP contribution in [0.2, 0.25) is 0 Å². The first-order valence-electron chi connectivity index (χ1n) is 6.33. The van der Waals surface area contributed by atoms with Gasteiger partial charge in [0.15, 0.2) is 12.2 Å². The van der Waals surface area contributed by atoms with E-state index >= 15 is 0 Å². The minimum absolute atomic E-state index is 0.132. The van der Waals surface area contributed by atoms with E-state index in [1.54, 1.807) is 0 Å². The third-order valence-corrected chi connectivity index (χ3v) is 2.73. The van der Waals surface area contributed by atoms with Crippen molar-refractivity contribution in [2.45, 2.75) is 26.1 Å². The van der Waals surface area contributed by atoms with E-state index in [1.807, 2.05) is 0 Å². The first kappa shape index (κ1) is 17.2. The van der Waals surface area contributed by atoms with Crippen LogP contribution in [0.5, 0.6) is 0 Å². The molecule has 0 radical (unpaired) electrons. The van der Waals surface area contributed by atoms with E-state index in [0.717, 1.165) is 0 Å². The second kappa shape index (κ2) is 7.21. The average molecular weight is 308 g/mol. The van der Waals surface area contributed by atoms with Crippen LogP contribution in [0.3, 0.4) is 0 Å². The monoisotopic (exact) mass is 308 g/mol. The number of ether oxygens (including phenoxy) is 2. The largest absolute Gasteiger partial charge is 0.449 e. The number of nitrogens with two attached hydrogens (primary N) is 2. The van der Waals surface area contributed by atoms with E-state index < -0.39 is 36.0 Å². The highest BCUT2D eigenvalue weighted by Crippen LogP contribution is 2.09. The van der Waals surface area contributed by atoms with Crippen molar-refractivity contribution in [1.82, 2.24) is 0 Å². The maximum Gasteiger partial charge on any atom is 0.338 e. The smallest absolute Gasteiger partial charge is 0.338 e. The van der Waals surface area contributed by atoms with Gasteiger partial charge in [0.05, 0.1) is 11.1 Å². The van der Waals surface area contributed by atoms with E-state index in [4.69, 9.17) is 20.9 Å². The van der Waals surface area contributed by atoms with Crippen LogP contribution in [0.4, 0.5) is 0 Å². The Morgan fingerprint density at radius 3 is 1.27 bits per heavy atom. The maximum absolute atomic E-state index is 11.7. The quantitative estimate of drug-likeness (QED) is 0.694. The van der Waals surface area contributed by atoms with Crippen LogP contribution >= 0.6 is 0 Å². The van der Waals surface area contributed by atoms with E-state index in [2.05, 4.69) is 0 Å². The van der Waals surface area contributed by atoms with Gasteiger partial charge < -0.3 is 20.9 Å². The topological polar surface area (TPSA) is 139 Å². The van der Waals surface area contributed by atoms with Gasteiger partial charge >= 0.3 is 11.9 Å². The highest BCUT2D eigenvalue weighted by molar-refractivity contribution is 5.95. The lowest BCUT2D eigenvalue weighted by Crippen LogP contribution is -2.30. The van der Waals surface area contributed by atoms with Crippen molar-refractivity contribution >= 4 is 23.8 Å². The molecule has 0 aromatic heterocycles. The molecule has 0 unspecified atom stereocenters. The second-order valence-electron chi connectivity index (χ2n) is 4.48. The molecule has 0 saturated heterocycles. The van der Waals surface area contributed by atoms with Crippen molar-refractivity contribution in [3.05, 3.63) is 35.4 Å². The zero-order chi connectivity index (χ0) is 16.9. The summed E-state index contributed by atoms with van der Waals surface area (Å²) >= 11 is 0. The van der Waals surface area contributed by atoms with Crippen LogP contribution in [-0.2, 0) is 19.1 Å². The summed E-state index contributed by atoms with van der Waals surface area (Å²) in [6.45, 7) is 2.69. The SMILES string of the molecule is C[C@H](OC(=O)c1ccc(C(=O)O[C@@H](C)C(N)=O)cc1)C(N)=O. The van der Waals surface area contributed by atoms with Crippen molar-refractivity contribution in [2.75, 3.05) is 0 Å². The lowest BCUT2D eigenvalue weighted by molar-refractivity contribution is -0.126. The van der Waals surface area contributed by atoms with Crippen molar-refractivity contribution in [2.24, 2.45) is 11.5 Å². The molecule has 2 atom stereocenters. The molecule has 118 valence electrons. The average Bonchev–Trinajstić information content (AvgIpc) is 2.46. The summed E-state index contributed by atoms with van der Waals surface area (Å²) in [5.41, 5.74) is 10.2. The van der Waals surface area contributed by atoms with Crippen LogP contribution < -0.4 is 11.5 Å². The van der Waals surface area contributed by atoms with Crippen LogP contribution in [0.1, 0.15) is 34.6 Å². The molecule has 4 N–H and O–H groups in total. The number of primary amides is 2. The van der Waals surface area contributed by atoms with Gasteiger partial charge in [0.25, 0.3) is 11.8 Å². The van der Waals surface area contributed by atoms with Gasteiger partial charge in [0, 0.05) is 0 Å². The summed E-state index contributed by atoms with van der Waals surface area (Å²) in [5, 5.41) is 0. The molecular weight excluding hydrogens is 292 g/mol. The number of rotatable bonds is 6. The van der Waals surface area contributed by atoms with Gasteiger partial charge in [-0.1, -0.05) is 0 Å². The van der Waals surface area contributed by atoms with Gasteiger partial charge in [0.2, 0.25) is 0 Å². The first-order chi connectivity index (χ1) is 10.2. The van der Waals surface area contributed by atoms with Crippen LogP contribution in [0.25, 0.3) is 0 Å². The second-order valence-corrected chi connectivity index (χ2v) is 4.48. The fourth-order valence-corrected chi connectivity index (χ4v) is 1.32. The van der Waals surface area contributed by atoms with Gasteiger partial charge in [-0.3, -0.25) is 9.59 Å². The molecule has 0 aliphatic heterocycles. The zero-order valence-corrected chi connectivity index (χ0v) is 12.1. The number of amides is 2. The van der Waals surface area contributed by atoms with Crippen LogP contribution in [0.15, 0.2) is 24.3 Å². The molecule has 0 fully saturated rings. The fraction of sp³-hybridized carbons (Fsp3) is 0.286. The van der Waals surface area contributed by atoms with E-state index in [0.29, 0.717) is 0 Å². The molecule has 8 heteroatoms. The molecule has 0 saturated carbocycles. The Morgan fingerprint density at radius 1 is 0.773 bits per heavy atom. The summed E-state index contributed by atoms with van der Waals surface area (Å²) in [7, 11) is 0. The number of benzene rings is 1.